The Bertz CT molecular complexity index is 449. The second-order valence-electron chi connectivity index (χ2n) is 4.86. The lowest BCUT2D eigenvalue weighted by Gasteiger charge is -2.29. The summed E-state index contributed by atoms with van der Waals surface area (Å²) in [5.41, 5.74) is 0.622. The van der Waals surface area contributed by atoms with E-state index in [1.54, 1.807) is 13.0 Å². The molecule has 1 aromatic rings. The van der Waals surface area contributed by atoms with Gasteiger partial charge in [-0.15, -0.1) is 0 Å². The molecule has 1 atom stereocenters. The molecule has 5 heteroatoms. The summed E-state index contributed by atoms with van der Waals surface area (Å²) < 4.78 is 1.99. The third kappa shape index (κ3) is 2.72. The van der Waals surface area contributed by atoms with E-state index >= 15 is 0 Å². The van der Waals surface area contributed by atoms with Gasteiger partial charge in [0.25, 0.3) is 5.91 Å². The van der Waals surface area contributed by atoms with Crippen LogP contribution in [0.2, 0.25) is 0 Å². The van der Waals surface area contributed by atoms with Gasteiger partial charge in [0.15, 0.2) is 0 Å². The first-order valence-electron chi connectivity index (χ1n) is 6.27. The summed E-state index contributed by atoms with van der Waals surface area (Å²) in [5.74, 6) is -1.10. The van der Waals surface area contributed by atoms with Gasteiger partial charge in [0.2, 0.25) is 0 Å². The molecule has 1 saturated carbocycles. The molecule has 0 aromatic carbocycles. The van der Waals surface area contributed by atoms with Crippen LogP contribution in [0, 0.1) is 0 Å². The molecule has 0 bridgehead atoms. The molecule has 1 aromatic heterocycles. The largest absolute Gasteiger partial charge is 0.481 e. The number of carbonyl (C=O) groups excluding carboxylic acids is 1. The Balaban J connectivity index is 2.00. The summed E-state index contributed by atoms with van der Waals surface area (Å²) in [6, 6.07) is 3.70. The summed E-state index contributed by atoms with van der Waals surface area (Å²) in [6.07, 6.45) is 5.29. The van der Waals surface area contributed by atoms with E-state index < -0.39 is 5.97 Å². The molecule has 1 unspecified atom stereocenters. The third-order valence-corrected chi connectivity index (χ3v) is 3.34. The lowest BCUT2D eigenvalue weighted by Crippen LogP contribution is -2.36. The van der Waals surface area contributed by atoms with E-state index in [0.717, 1.165) is 12.8 Å². The summed E-state index contributed by atoms with van der Waals surface area (Å²) in [7, 11) is 0. The second kappa shape index (κ2) is 5.25. The SMILES string of the molecule is CC(CC(=O)O)NC(=O)c1cccn1C1CCC1. The molecule has 0 aliphatic heterocycles. The maximum Gasteiger partial charge on any atom is 0.305 e. The zero-order chi connectivity index (χ0) is 13.1. The third-order valence-electron chi connectivity index (χ3n) is 3.34. The van der Waals surface area contributed by atoms with Crippen molar-refractivity contribution in [3.05, 3.63) is 24.0 Å². The van der Waals surface area contributed by atoms with Crippen LogP contribution in [0.1, 0.15) is 49.1 Å². The van der Waals surface area contributed by atoms with Gasteiger partial charge in [-0.1, -0.05) is 0 Å². The first kappa shape index (κ1) is 12.7. The minimum absolute atomic E-state index is 0.0596. The normalized spacial score (nSPS) is 16.9. The first-order chi connectivity index (χ1) is 8.58. The number of rotatable bonds is 5. The van der Waals surface area contributed by atoms with Crippen LogP contribution in [0.5, 0.6) is 0 Å². The number of carboxylic acid groups (broad SMARTS) is 1. The predicted octanol–water partition coefficient (Wildman–Crippen LogP) is 1.81. The molecule has 98 valence electrons. The number of hydrogen-bond donors (Lipinski definition) is 2. The lowest BCUT2D eigenvalue weighted by molar-refractivity contribution is -0.137. The van der Waals surface area contributed by atoms with Crippen LogP contribution in [-0.4, -0.2) is 27.6 Å². The van der Waals surface area contributed by atoms with E-state index in [0.29, 0.717) is 11.7 Å². The monoisotopic (exact) mass is 250 g/mol. The van der Waals surface area contributed by atoms with Crippen LogP contribution in [0.25, 0.3) is 0 Å². The van der Waals surface area contributed by atoms with E-state index in [4.69, 9.17) is 5.11 Å². The number of carbonyl (C=O) groups is 2. The van der Waals surface area contributed by atoms with E-state index in [9.17, 15) is 9.59 Å². The Hall–Kier alpha value is -1.78. The van der Waals surface area contributed by atoms with Crippen LogP contribution in [0.4, 0.5) is 0 Å². The van der Waals surface area contributed by atoms with Crippen molar-refractivity contribution in [3.8, 4) is 0 Å². The summed E-state index contributed by atoms with van der Waals surface area (Å²) in [4.78, 5) is 22.6. The average molecular weight is 250 g/mol. The molecular weight excluding hydrogens is 232 g/mol. The minimum atomic E-state index is -0.905. The van der Waals surface area contributed by atoms with Gasteiger partial charge in [-0.3, -0.25) is 9.59 Å². The Morgan fingerprint density at radius 2 is 2.28 bits per heavy atom. The van der Waals surface area contributed by atoms with Crippen LogP contribution in [0.3, 0.4) is 0 Å². The molecule has 2 N–H and O–H groups in total. The highest BCUT2D eigenvalue weighted by Crippen LogP contribution is 2.32. The van der Waals surface area contributed by atoms with Gasteiger partial charge < -0.3 is 15.0 Å². The molecule has 1 fully saturated rings. The second-order valence-corrected chi connectivity index (χ2v) is 4.86. The molecule has 5 nitrogen and oxygen atoms in total. The Morgan fingerprint density at radius 1 is 1.56 bits per heavy atom. The molecule has 0 spiro atoms. The summed E-state index contributed by atoms with van der Waals surface area (Å²) in [5, 5.41) is 11.4. The molecule has 1 heterocycles. The molecule has 1 aliphatic carbocycles. The molecule has 0 saturated heterocycles. The van der Waals surface area contributed by atoms with Crippen molar-refractivity contribution in [3.63, 3.8) is 0 Å². The number of aromatic nitrogens is 1. The Labute approximate surface area is 106 Å². The zero-order valence-corrected chi connectivity index (χ0v) is 10.4. The first-order valence-corrected chi connectivity index (χ1v) is 6.27. The van der Waals surface area contributed by atoms with Crippen molar-refractivity contribution >= 4 is 11.9 Å². The Kier molecular flexibility index (Phi) is 3.69. The number of amides is 1. The van der Waals surface area contributed by atoms with E-state index in [2.05, 4.69) is 5.32 Å². The van der Waals surface area contributed by atoms with Crippen molar-refractivity contribution in [1.82, 2.24) is 9.88 Å². The fourth-order valence-corrected chi connectivity index (χ4v) is 2.18. The molecule has 18 heavy (non-hydrogen) atoms. The van der Waals surface area contributed by atoms with Crippen molar-refractivity contribution in [2.24, 2.45) is 0 Å². The van der Waals surface area contributed by atoms with Crippen LogP contribution >= 0.6 is 0 Å². The zero-order valence-electron chi connectivity index (χ0n) is 10.4. The van der Waals surface area contributed by atoms with E-state index in [-0.39, 0.29) is 18.4 Å². The number of hydrogen-bond acceptors (Lipinski definition) is 2. The van der Waals surface area contributed by atoms with Crippen LogP contribution in [-0.2, 0) is 4.79 Å². The highest BCUT2D eigenvalue weighted by atomic mass is 16.4. The fourth-order valence-electron chi connectivity index (χ4n) is 2.18. The van der Waals surface area contributed by atoms with Crippen molar-refractivity contribution in [2.75, 3.05) is 0 Å². The maximum absolute atomic E-state index is 12.0. The lowest BCUT2D eigenvalue weighted by atomic mass is 9.93. The Morgan fingerprint density at radius 3 is 2.83 bits per heavy atom. The van der Waals surface area contributed by atoms with Gasteiger partial charge in [-0.25, -0.2) is 0 Å². The molecule has 1 amide bonds. The number of nitrogens with one attached hydrogen (secondary N) is 1. The maximum atomic E-state index is 12.0. The van der Waals surface area contributed by atoms with Gasteiger partial charge >= 0.3 is 5.97 Å². The van der Waals surface area contributed by atoms with Crippen molar-refractivity contribution in [2.45, 2.75) is 44.7 Å². The quantitative estimate of drug-likeness (QED) is 0.837. The molecule has 2 rings (SSSR count). The predicted molar refractivity (Wildman–Crippen MR) is 66.5 cm³/mol. The van der Waals surface area contributed by atoms with Gasteiger partial charge in [0.1, 0.15) is 5.69 Å². The standard InChI is InChI=1S/C13H18N2O3/c1-9(8-12(16)17)14-13(18)11-6-3-7-15(11)10-4-2-5-10/h3,6-7,9-10H,2,4-5,8H2,1H3,(H,14,18)(H,16,17). The van der Waals surface area contributed by atoms with Crippen LogP contribution < -0.4 is 5.32 Å². The van der Waals surface area contributed by atoms with E-state index in [1.165, 1.54) is 6.42 Å². The fraction of sp³-hybridized carbons (Fsp3) is 0.538. The highest BCUT2D eigenvalue weighted by molar-refractivity contribution is 5.93. The van der Waals surface area contributed by atoms with Gasteiger partial charge in [0.05, 0.1) is 6.42 Å². The summed E-state index contributed by atoms with van der Waals surface area (Å²) in [6.45, 7) is 1.70. The molecular formula is C13H18N2O3. The minimum Gasteiger partial charge on any atom is -0.481 e. The van der Waals surface area contributed by atoms with Crippen LogP contribution in [0.15, 0.2) is 18.3 Å². The van der Waals surface area contributed by atoms with Gasteiger partial charge in [0, 0.05) is 18.3 Å². The number of carboxylic acids is 1. The summed E-state index contributed by atoms with van der Waals surface area (Å²) >= 11 is 0. The molecule has 0 radical (unpaired) electrons. The topological polar surface area (TPSA) is 71.3 Å². The van der Waals surface area contributed by atoms with Gasteiger partial charge in [-0.05, 0) is 38.3 Å². The average Bonchev–Trinajstić information content (AvgIpc) is 2.61. The van der Waals surface area contributed by atoms with Gasteiger partial charge in [-0.2, -0.15) is 0 Å². The number of aliphatic carboxylic acids is 1. The smallest absolute Gasteiger partial charge is 0.305 e. The van der Waals surface area contributed by atoms with Crippen molar-refractivity contribution in [1.29, 1.82) is 0 Å². The highest BCUT2D eigenvalue weighted by Gasteiger charge is 2.23. The number of nitrogens with zero attached hydrogens (tertiary/aromatic N) is 1. The van der Waals surface area contributed by atoms with E-state index in [1.807, 2.05) is 16.8 Å². The molecule has 1 aliphatic rings. The van der Waals surface area contributed by atoms with Crippen molar-refractivity contribution < 1.29 is 14.7 Å².